The third-order valence-corrected chi connectivity index (χ3v) is 5.17. The highest BCUT2D eigenvalue weighted by Gasteiger charge is 2.16. The van der Waals surface area contributed by atoms with E-state index in [1.165, 1.54) is 25.4 Å². The Kier molecular flexibility index (Phi) is 6.96. The first-order valence-corrected chi connectivity index (χ1v) is 11.6. The molecule has 0 atom stereocenters. The number of hydrogen-bond donors (Lipinski definition) is 1. The van der Waals surface area contributed by atoms with Gasteiger partial charge < -0.3 is 9.47 Å². The number of benzene rings is 2. The van der Waals surface area contributed by atoms with Crippen molar-refractivity contribution in [3.63, 3.8) is 0 Å². The van der Waals surface area contributed by atoms with Crippen LogP contribution in [0.15, 0.2) is 48.7 Å². The predicted molar refractivity (Wildman–Crippen MR) is 120 cm³/mol. The minimum absolute atomic E-state index is 0.114. The van der Waals surface area contributed by atoms with Crippen molar-refractivity contribution in [3.05, 3.63) is 69.3 Å². The Labute approximate surface area is 193 Å². The van der Waals surface area contributed by atoms with Crippen LogP contribution in [0.5, 0.6) is 17.4 Å². The van der Waals surface area contributed by atoms with Gasteiger partial charge in [0, 0.05) is 32.9 Å². The van der Waals surface area contributed by atoms with Crippen molar-refractivity contribution >= 4 is 50.7 Å². The van der Waals surface area contributed by atoms with Crippen molar-refractivity contribution in [1.82, 2.24) is 9.71 Å². The Morgan fingerprint density at radius 1 is 1.03 bits per heavy atom. The fourth-order valence-corrected chi connectivity index (χ4v) is 3.81. The number of carbonyl (C=O) groups is 1. The zero-order valence-corrected chi connectivity index (χ0v) is 19.2. The number of nitrogens with zero attached hydrogens (tertiary/aromatic N) is 1. The normalized spacial score (nSPS) is 11.1. The third-order valence-electron chi connectivity index (χ3n) is 3.91. The van der Waals surface area contributed by atoms with Gasteiger partial charge in [-0.15, -0.1) is 0 Å². The van der Waals surface area contributed by atoms with Crippen LogP contribution in [0.1, 0.15) is 10.4 Å². The van der Waals surface area contributed by atoms with Crippen LogP contribution in [0.3, 0.4) is 0 Å². The van der Waals surface area contributed by atoms with Gasteiger partial charge in [0.1, 0.15) is 16.5 Å². The largest absolute Gasteiger partial charge is 0.496 e. The van der Waals surface area contributed by atoms with Crippen molar-refractivity contribution in [1.29, 1.82) is 0 Å². The Morgan fingerprint density at radius 3 is 2.29 bits per heavy atom. The number of carbonyl (C=O) groups excluding carboxylic acids is 1. The summed E-state index contributed by atoms with van der Waals surface area (Å²) in [4.78, 5) is 16.3. The average Bonchev–Trinajstić information content (AvgIpc) is 2.67. The standard InChI is InChI=1S/C20H15Cl3N2O5S/c1-29-18-6-11(19(26)25-31(2,27)28)3-4-16(18)12-5-17(23)20(24-10-12)30-15-8-13(21)7-14(22)9-15/h3-10H,1-2H3,(H,25,26). The maximum absolute atomic E-state index is 12.1. The Morgan fingerprint density at radius 2 is 1.71 bits per heavy atom. The Bertz CT molecular complexity index is 1250. The minimum atomic E-state index is -3.69. The van der Waals surface area contributed by atoms with Gasteiger partial charge in [-0.3, -0.25) is 4.79 Å². The van der Waals surface area contributed by atoms with Gasteiger partial charge in [0.05, 0.1) is 13.4 Å². The quantitative estimate of drug-likeness (QED) is 0.499. The molecule has 0 spiro atoms. The van der Waals surface area contributed by atoms with Crippen molar-refractivity contribution < 1.29 is 22.7 Å². The molecule has 1 aromatic heterocycles. The van der Waals surface area contributed by atoms with Crippen LogP contribution < -0.4 is 14.2 Å². The highest BCUT2D eigenvalue weighted by molar-refractivity contribution is 7.89. The van der Waals surface area contributed by atoms with Crippen LogP contribution in [-0.4, -0.2) is 32.7 Å². The highest BCUT2D eigenvalue weighted by atomic mass is 35.5. The number of aromatic nitrogens is 1. The van der Waals surface area contributed by atoms with Gasteiger partial charge in [0.25, 0.3) is 5.91 Å². The van der Waals surface area contributed by atoms with E-state index in [9.17, 15) is 13.2 Å². The molecular weight excluding hydrogens is 487 g/mol. The number of pyridine rings is 1. The SMILES string of the molecule is COc1cc(C(=O)NS(C)(=O)=O)ccc1-c1cnc(Oc2cc(Cl)cc(Cl)c2)c(Cl)c1. The van der Waals surface area contributed by atoms with Crippen LogP contribution in [-0.2, 0) is 10.0 Å². The number of hydrogen-bond acceptors (Lipinski definition) is 6. The van der Waals surface area contributed by atoms with E-state index in [0.717, 1.165) is 6.26 Å². The predicted octanol–water partition coefficient (Wildman–Crippen LogP) is 5.20. The third kappa shape index (κ3) is 6.01. The number of ether oxygens (including phenoxy) is 2. The van der Waals surface area contributed by atoms with E-state index in [-0.39, 0.29) is 16.5 Å². The number of nitrogens with one attached hydrogen (secondary N) is 1. The van der Waals surface area contributed by atoms with Gasteiger partial charge >= 0.3 is 0 Å². The Hall–Kier alpha value is -2.52. The summed E-state index contributed by atoms with van der Waals surface area (Å²) in [7, 11) is -2.27. The summed E-state index contributed by atoms with van der Waals surface area (Å²) < 4.78 is 35.5. The van der Waals surface area contributed by atoms with Gasteiger partial charge in [0.2, 0.25) is 15.9 Å². The van der Waals surface area contributed by atoms with Crippen LogP contribution in [0, 0.1) is 0 Å². The molecule has 0 aliphatic carbocycles. The molecule has 11 heteroatoms. The number of halogens is 3. The molecule has 0 unspecified atom stereocenters. The first-order valence-electron chi connectivity index (χ1n) is 8.56. The Balaban J connectivity index is 1.90. The lowest BCUT2D eigenvalue weighted by Gasteiger charge is -2.12. The maximum Gasteiger partial charge on any atom is 0.264 e. The summed E-state index contributed by atoms with van der Waals surface area (Å²) in [5.41, 5.74) is 1.29. The van der Waals surface area contributed by atoms with Crippen LogP contribution in [0.25, 0.3) is 11.1 Å². The lowest BCUT2D eigenvalue weighted by atomic mass is 10.0. The van der Waals surface area contributed by atoms with Gasteiger partial charge in [-0.25, -0.2) is 18.1 Å². The van der Waals surface area contributed by atoms with Crippen LogP contribution in [0.4, 0.5) is 0 Å². The molecule has 2 aromatic carbocycles. The molecule has 1 N–H and O–H groups in total. The number of sulfonamides is 1. The summed E-state index contributed by atoms with van der Waals surface area (Å²) in [5, 5.41) is 1.02. The van der Waals surface area contributed by atoms with E-state index < -0.39 is 15.9 Å². The fourth-order valence-electron chi connectivity index (χ4n) is 2.65. The smallest absolute Gasteiger partial charge is 0.264 e. The van der Waals surface area contributed by atoms with E-state index in [1.807, 2.05) is 4.72 Å². The number of amides is 1. The monoisotopic (exact) mass is 500 g/mol. The van der Waals surface area contributed by atoms with E-state index >= 15 is 0 Å². The van der Waals surface area contributed by atoms with Crippen LogP contribution >= 0.6 is 34.8 Å². The van der Waals surface area contributed by atoms with E-state index in [2.05, 4.69) is 4.98 Å². The number of methoxy groups -OCH3 is 1. The van der Waals surface area contributed by atoms with Gasteiger partial charge in [-0.2, -0.15) is 0 Å². The molecule has 0 aliphatic heterocycles. The number of rotatable bonds is 6. The second-order valence-corrected chi connectivity index (χ2v) is 9.37. The second-order valence-electron chi connectivity index (χ2n) is 6.34. The molecule has 0 aliphatic rings. The van der Waals surface area contributed by atoms with Gasteiger partial charge in [-0.1, -0.05) is 34.8 Å². The zero-order valence-electron chi connectivity index (χ0n) is 16.1. The molecule has 1 heterocycles. The van der Waals surface area contributed by atoms with Crippen molar-refractivity contribution in [2.75, 3.05) is 13.4 Å². The van der Waals surface area contributed by atoms with Gasteiger partial charge in [-0.05, 0) is 42.5 Å². The highest BCUT2D eigenvalue weighted by Crippen LogP contribution is 2.36. The lowest BCUT2D eigenvalue weighted by molar-refractivity contribution is 0.0981. The lowest BCUT2D eigenvalue weighted by Crippen LogP contribution is -2.29. The summed E-state index contributed by atoms with van der Waals surface area (Å²) in [5.74, 6) is 0.0760. The second kappa shape index (κ2) is 9.32. The average molecular weight is 502 g/mol. The first kappa shape index (κ1) is 23.1. The molecule has 31 heavy (non-hydrogen) atoms. The summed E-state index contributed by atoms with van der Waals surface area (Å²) >= 11 is 18.3. The van der Waals surface area contributed by atoms with Crippen LogP contribution in [0.2, 0.25) is 15.1 Å². The molecule has 0 saturated carbocycles. The van der Waals surface area contributed by atoms with Crippen molar-refractivity contribution in [2.24, 2.45) is 0 Å². The topological polar surface area (TPSA) is 94.6 Å². The minimum Gasteiger partial charge on any atom is -0.496 e. The molecule has 162 valence electrons. The molecule has 0 radical (unpaired) electrons. The molecule has 0 saturated heterocycles. The molecule has 0 fully saturated rings. The molecule has 3 aromatic rings. The molecule has 0 bridgehead atoms. The van der Waals surface area contributed by atoms with Crippen molar-refractivity contribution in [2.45, 2.75) is 0 Å². The molecule has 7 nitrogen and oxygen atoms in total. The zero-order chi connectivity index (χ0) is 22.8. The molecule has 3 rings (SSSR count). The van der Waals surface area contributed by atoms with Crippen molar-refractivity contribution in [3.8, 4) is 28.5 Å². The molecular formula is C20H15Cl3N2O5S. The molecule has 1 amide bonds. The van der Waals surface area contributed by atoms with Gasteiger partial charge in [0.15, 0.2) is 0 Å². The summed E-state index contributed by atoms with van der Waals surface area (Å²) in [6, 6.07) is 10.8. The fraction of sp³-hybridized carbons (Fsp3) is 0.100. The van der Waals surface area contributed by atoms with E-state index in [0.29, 0.717) is 32.7 Å². The van der Waals surface area contributed by atoms with E-state index in [1.54, 1.807) is 30.3 Å². The maximum atomic E-state index is 12.1. The summed E-state index contributed by atoms with van der Waals surface area (Å²) in [6.07, 6.45) is 2.41. The van der Waals surface area contributed by atoms with E-state index in [4.69, 9.17) is 44.3 Å². The summed E-state index contributed by atoms with van der Waals surface area (Å²) in [6.45, 7) is 0. The first-order chi connectivity index (χ1) is 14.6.